The smallest absolute Gasteiger partial charge is 0.255 e. The summed E-state index contributed by atoms with van der Waals surface area (Å²) in [6.07, 6.45) is 1.73. The Kier molecular flexibility index (Phi) is 5.54. The van der Waals surface area contributed by atoms with Gasteiger partial charge < -0.3 is 9.80 Å². The van der Waals surface area contributed by atoms with E-state index in [4.69, 9.17) is 11.6 Å². The number of rotatable bonds is 3. The maximum atomic E-state index is 12.8. The number of halogens is 2. The quantitative estimate of drug-likeness (QED) is 0.595. The summed E-state index contributed by atoms with van der Waals surface area (Å²) in [6, 6.07) is 14.9. The lowest BCUT2D eigenvalue weighted by Gasteiger charge is -2.35. The molecule has 0 bridgehead atoms. The van der Waals surface area contributed by atoms with Crippen molar-refractivity contribution in [3.63, 3.8) is 0 Å². The highest BCUT2D eigenvalue weighted by molar-refractivity contribution is 9.10. The van der Waals surface area contributed by atoms with Crippen LogP contribution in [-0.4, -0.2) is 52.2 Å². The largest absolute Gasteiger partial charge is 0.352 e. The average molecular weight is 459 g/mol. The molecule has 0 saturated carbocycles. The van der Waals surface area contributed by atoms with Gasteiger partial charge in [0.05, 0.1) is 16.3 Å². The Balaban J connectivity index is 1.41. The molecule has 6 nitrogen and oxygen atoms in total. The summed E-state index contributed by atoms with van der Waals surface area (Å²) in [5, 5.41) is 9.09. The maximum absolute atomic E-state index is 12.8. The Labute approximate surface area is 176 Å². The van der Waals surface area contributed by atoms with E-state index in [9.17, 15) is 4.79 Å². The third-order valence-corrected chi connectivity index (χ3v) is 5.45. The van der Waals surface area contributed by atoms with Gasteiger partial charge in [-0.1, -0.05) is 33.6 Å². The normalized spacial score (nSPS) is 14.2. The van der Waals surface area contributed by atoms with E-state index < -0.39 is 0 Å². The van der Waals surface area contributed by atoms with Crippen LogP contribution in [0.2, 0.25) is 5.02 Å². The summed E-state index contributed by atoms with van der Waals surface area (Å²) in [6.45, 7) is 2.58. The molecule has 1 saturated heterocycles. The van der Waals surface area contributed by atoms with E-state index in [-0.39, 0.29) is 5.91 Å². The Morgan fingerprint density at radius 2 is 1.79 bits per heavy atom. The number of benzene rings is 1. The number of piperazine rings is 1. The summed E-state index contributed by atoms with van der Waals surface area (Å²) < 4.78 is 0.835. The molecule has 0 spiro atoms. The van der Waals surface area contributed by atoms with Crippen LogP contribution in [-0.2, 0) is 0 Å². The van der Waals surface area contributed by atoms with Gasteiger partial charge in [-0.25, -0.2) is 0 Å². The monoisotopic (exact) mass is 457 g/mol. The van der Waals surface area contributed by atoms with Gasteiger partial charge in [0, 0.05) is 36.8 Å². The maximum Gasteiger partial charge on any atom is 0.255 e. The fourth-order valence-electron chi connectivity index (χ4n) is 3.12. The average Bonchev–Trinajstić information content (AvgIpc) is 2.76. The molecule has 1 aliphatic rings. The highest BCUT2D eigenvalue weighted by Crippen LogP contribution is 2.24. The van der Waals surface area contributed by atoms with Crippen LogP contribution in [0.1, 0.15) is 10.4 Å². The van der Waals surface area contributed by atoms with Gasteiger partial charge >= 0.3 is 0 Å². The Bertz CT molecular complexity index is 976. The van der Waals surface area contributed by atoms with E-state index in [1.807, 2.05) is 41.3 Å². The molecule has 1 amide bonds. The van der Waals surface area contributed by atoms with Crippen LogP contribution >= 0.6 is 27.5 Å². The minimum absolute atomic E-state index is 0.0532. The third kappa shape index (κ3) is 4.00. The number of pyridine rings is 1. The summed E-state index contributed by atoms with van der Waals surface area (Å²) in [5.74, 6) is 0.745. The van der Waals surface area contributed by atoms with E-state index in [1.165, 1.54) is 0 Å². The lowest BCUT2D eigenvalue weighted by molar-refractivity contribution is 0.0746. The Hall–Kier alpha value is -2.51. The standard InChI is InChI=1S/C20H17BrClN5O/c21-14-4-5-16(22)15(13-14)20(28)27-11-9-26(10-12-27)19-7-6-18(24-25-19)17-3-1-2-8-23-17/h1-8,13H,9-12H2. The molecule has 0 N–H and O–H groups in total. The summed E-state index contributed by atoms with van der Waals surface area (Å²) in [7, 11) is 0. The zero-order valence-corrected chi connectivity index (χ0v) is 17.3. The molecule has 2 aromatic heterocycles. The predicted octanol–water partition coefficient (Wildman–Crippen LogP) is 3.92. The molecule has 1 fully saturated rings. The molecule has 0 radical (unpaired) electrons. The number of nitrogens with zero attached hydrogens (tertiary/aromatic N) is 5. The van der Waals surface area contributed by atoms with Gasteiger partial charge in [0.25, 0.3) is 5.91 Å². The molecular weight excluding hydrogens is 442 g/mol. The second-order valence-electron chi connectivity index (χ2n) is 6.40. The number of hydrogen-bond acceptors (Lipinski definition) is 5. The first-order valence-electron chi connectivity index (χ1n) is 8.86. The van der Waals surface area contributed by atoms with Crippen molar-refractivity contribution in [3.8, 4) is 11.4 Å². The van der Waals surface area contributed by atoms with Gasteiger partial charge in [0.1, 0.15) is 5.69 Å². The fourth-order valence-corrected chi connectivity index (χ4v) is 3.67. The molecule has 142 valence electrons. The molecule has 1 aromatic carbocycles. The molecule has 3 aromatic rings. The number of carbonyl (C=O) groups excluding carboxylic acids is 1. The van der Waals surface area contributed by atoms with Crippen LogP contribution in [0.3, 0.4) is 0 Å². The molecule has 0 atom stereocenters. The van der Waals surface area contributed by atoms with Crippen LogP contribution in [0.25, 0.3) is 11.4 Å². The van der Waals surface area contributed by atoms with Gasteiger partial charge in [-0.15, -0.1) is 10.2 Å². The minimum Gasteiger partial charge on any atom is -0.352 e. The molecule has 4 rings (SSSR count). The van der Waals surface area contributed by atoms with E-state index in [0.29, 0.717) is 36.8 Å². The number of hydrogen-bond donors (Lipinski definition) is 0. The van der Waals surface area contributed by atoms with Crippen molar-refractivity contribution in [3.05, 3.63) is 69.8 Å². The second-order valence-corrected chi connectivity index (χ2v) is 7.72. The lowest BCUT2D eigenvalue weighted by atomic mass is 10.2. The van der Waals surface area contributed by atoms with Crippen LogP contribution in [0.15, 0.2) is 59.2 Å². The second kappa shape index (κ2) is 8.24. The molecule has 1 aliphatic heterocycles. The minimum atomic E-state index is -0.0532. The van der Waals surface area contributed by atoms with Gasteiger partial charge in [-0.3, -0.25) is 9.78 Å². The van der Waals surface area contributed by atoms with E-state index in [2.05, 4.69) is 36.0 Å². The number of anilines is 1. The molecule has 3 heterocycles. The topological polar surface area (TPSA) is 62.2 Å². The molecule has 28 heavy (non-hydrogen) atoms. The van der Waals surface area contributed by atoms with Gasteiger partial charge in [0.2, 0.25) is 0 Å². The van der Waals surface area contributed by atoms with Crippen molar-refractivity contribution in [2.45, 2.75) is 0 Å². The SMILES string of the molecule is O=C(c1cc(Br)ccc1Cl)N1CCN(c2ccc(-c3ccccn3)nn2)CC1. The summed E-state index contributed by atoms with van der Waals surface area (Å²) >= 11 is 9.59. The van der Waals surface area contributed by atoms with E-state index >= 15 is 0 Å². The Morgan fingerprint density at radius 1 is 0.964 bits per heavy atom. The molecule has 0 unspecified atom stereocenters. The van der Waals surface area contributed by atoms with Gasteiger partial charge in [0.15, 0.2) is 5.82 Å². The summed E-state index contributed by atoms with van der Waals surface area (Å²) in [5.41, 5.74) is 2.05. The van der Waals surface area contributed by atoms with Crippen molar-refractivity contribution < 1.29 is 4.79 Å². The van der Waals surface area contributed by atoms with Crippen molar-refractivity contribution in [2.24, 2.45) is 0 Å². The van der Waals surface area contributed by atoms with Crippen LogP contribution in [0.4, 0.5) is 5.82 Å². The molecular formula is C20H17BrClN5O. The van der Waals surface area contributed by atoms with Gasteiger partial charge in [-0.05, 0) is 42.5 Å². The highest BCUT2D eigenvalue weighted by atomic mass is 79.9. The number of amides is 1. The van der Waals surface area contributed by atoms with Crippen LogP contribution in [0.5, 0.6) is 0 Å². The van der Waals surface area contributed by atoms with E-state index in [1.54, 1.807) is 18.3 Å². The summed E-state index contributed by atoms with van der Waals surface area (Å²) in [4.78, 5) is 21.0. The zero-order valence-electron chi connectivity index (χ0n) is 14.9. The zero-order chi connectivity index (χ0) is 19.5. The number of aromatic nitrogens is 3. The molecule has 8 heteroatoms. The third-order valence-electron chi connectivity index (χ3n) is 4.63. The number of carbonyl (C=O) groups is 1. The van der Waals surface area contributed by atoms with Crippen LogP contribution < -0.4 is 4.90 Å². The van der Waals surface area contributed by atoms with Crippen molar-refractivity contribution in [1.82, 2.24) is 20.1 Å². The van der Waals surface area contributed by atoms with E-state index in [0.717, 1.165) is 21.7 Å². The van der Waals surface area contributed by atoms with Crippen molar-refractivity contribution in [1.29, 1.82) is 0 Å². The van der Waals surface area contributed by atoms with Crippen molar-refractivity contribution >= 4 is 39.3 Å². The molecule has 0 aliphatic carbocycles. The Morgan fingerprint density at radius 3 is 2.46 bits per heavy atom. The highest BCUT2D eigenvalue weighted by Gasteiger charge is 2.24. The first kappa shape index (κ1) is 18.8. The predicted molar refractivity (Wildman–Crippen MR) is 113 cm³/mol. The lowest BCUT2D eigenvalue weighted by Crippen LogP contribution is -2.49. The van der Waals surface area contributed by atoms with Gasteiger partial charge in [-0.2, -0.15) is 0 Å². The van der Waals surface area contributed by atoms with Crippen LogP contribution in [0, 0.1) is 0 Å². The first-order chi connectivity index (χ1) is 13.6. The fraction of sp³-hybridized carbons (Fsp3) is 0.200. The van der Waals surface area contributed by atoms with Crippen molar-refractivity contribution in [2.75, 3.05) is 31.1 Å². The first-order valence-corrected chi connectivity index (χ1v) is 10.0.